The Labute approximate surface area is 180 Å². The van der Waals surface area contributed by atoms with E-state index in [0.717, 1.165) is 84.2 Å². The number of nitrogens with zero attached hydrogens (tertiary/aromatic N) is 4. The third-order valence-corrected chi connectivity index (χ3v) is 6.26. The van der Waals surface area contributed by atoms with Crippen molar-refractivity contribution in [3.8, 4) is 22.3 Å². The van der Waals surface area contributed by atoms with E-state index in [1.54, 1.807) is 0 Å². The van der Waals surface area contributed by atoms with Crippen molar-refractivity contribution >= 4 is 22.5 Å². The summed E-state index contributed by atoms with van der Waals surface area (Å²) in [6.45, 7) is 9.97. The van der Waals surface area contributed by atoms with E-state index in [0.29, 0.717) is 0 Å². The first kappa shape index (κ1) is 18.2. The predicted octanol–water partition coefficient (Wildman–Crippen LogP) is 3.08. The Balaban J connectivity index is 1.40. The molecular weight excluding hydrogens is 386 g/mol. The lowest BCUT2D eigenvalue weighted by molar-refractivity contribution is 0.585. The molecule has 7 nitrogen and oxygen atoms in total. The zero-order chi connectivity index (χ0) is 20.8. The van der Waals surface area contributed by atoms with Crippen LogP contribution >= 0.6 is 0 Å². The van der Waals surface area contributed by atoms with Crippen LogP contribution in [0, 0.1) is 0 Å². The Morgan fingerprint density at radius 1 is 0.935 bits per heavy atom. The minimum Gasteiger partial charge on any atom is -0.382 e. The van der Waals surface area contributed by atoms with Gasteiger partial charge in [-0.25, -0.2) is 9.97 Å². The fourth-order valence-corrected chi connectivity index (χ4v) is 4.58. The van der Waals surface area contributed by atoms with Gasteiger partial charge in [-0.15, -0.1) is 0 Å². The fourth-order valence-electron chi connectivity index (χ4n) is 4.58. The lowest BCUT2D eigenvalue weighted by atomic mass is 10.0. The first-order valence-corrected chi connectivity index (χ1v) is 10.8. The van der Waals surface area contributed by atoms with E-state index in [9.17, 15) is 0 Å². The molecule has 4 aromatic heterocycles. The van der Waals surface area contributed by atoms with Gasteiger partial charge < -0.3 is 25.1 Å². The Morgan fingerprint density at radius 3 is 2.71 bits per heavy atom. The van der Waals surface area contributed by atoms with Crippen molar-refractivity contribution in [3.63, 3.8) is 0 Å². The predicted molar refractivity (Wildman–Crippen MR) is 125 cm³/mol. The molecule has 7 heteroatoms. The number of fused-ring (bicyclic) bond motifs is 2. The molecule has 31 heavy (non-hydrogen) atoms. The van der Waals surface area contributed by atoms with E-state index in [1.807, 2.05) is 12.4 Å². The minimum atomic E-state index is 0.899. The van der Waals surface area contributed by atoms with Gasteiger partial charge in [-0.05, 0) is 29.8 Å². The first-order valence-electron chi connectivity index (χ1n) is 10.8. The van der Waals surface area contributed by atoms with Gasteiger partial charge in [0.1, 0.15) is 11.5 Å². The molecule has 0 radical (unpaired) electrons. The average molecular weight is 412 g/mol. The van der Waals surface area contributed by atoms with Gasteiger partial charge in [-0.1, -0.05) is 6.58 Å². The summed E-state index contributed by atoms with van der Waals surface area (Å²) in [5, 5.41) is 7.87. The average Bonchev–Trinajstić information content (AvgIpc) is 3.44. The molecule has 6 rings (SSSR count). The number of anilines is 1. The summed E-state index contributed by atoms with van der Waals surface area (Å²) < 4.78 is 2.27. The third kappa shape index (κ3) is 3.18. The topological polar surface area (TPSA) is 73.8 Å². The van der Waals surface area contributed by atoms with Crippen LogP contribution in [0.5, 0.6) is 0 Å². The van der Waals surface area contributed by atoms with Crippen molar-refractivity contribution < 1.29 is 0 Å². The Morgan fingerprint density at radius 2 is 1.84 bits per heavy atom. The zero-order valence-corrected chi connectivity index (χ0v) is 17.4. The van der Waals surface area contributed by atoms with Gasteiger partial charge in [0.15, 0.2) is 0 Å². The SMILES string of the molecule is C=C1NCCn2cc(-c3c[nH]c4ncc(-c5ccnc(N6CCNCC6)c5)cc34)cc21. The molecule has 0 atom stereocenters. The number of aromatic amines is 1. The summed E-state index contributed by atoms with van der Waals surface area (Å²) in [5.41, 5.74) is 7.61. The van der Waals surface area contributed by atoms with Gasteiger partial charge in [-0.3, -0.25) is 0 Å². The van der Waals surface area contributed by atoms with Crippen molar-refractivity contribution in [2.45, 2.75) is 6.54 Å². The molecule has 0 amide bonds. The van der Waals surface area contributed by atoms with Gasteiger partial charge in [0, 0.05) is 86.1 Å². The van der Waals surface area contributed by atoms with Crippen molar-refractivity contribution in [2.75, 3.05) is 37.6 Å². The first-order chi connectivity index (χ1) is 15.3. The second-order valence-electron chi connectivity index (χ2n) is 8.18. The molecule has 156 valence electrons. The zero-order valence-electron chi connectivity index (χ0n) is 17.4. The van der Waals surface area contributed by atoms with Crippen LogP contribution in [0.4, 0.5) is 5.82 Å². The molecule has 1 fully saturated rings. The largest absolute Gasteiger partial charge is 0.382 e. The summed E-state index contributed by atoms with van der Waals surface area (Å²) >= 11 is 0. The maximum atomic E-state index is 4.71. The quantitative estimate of drug-likeness (QED) is 0.483. The lowest BCUT2D eigenvalue weighted by Gasteiger charge is -2.28. The van der Waals surface area contributed by atoms with Crippen LogP contribution in [0.2, 0.25) is 0 Å². The molecule has 0 aliphatic carbocycles. The molecule has 6 heterocycles. The van der Waals surface area contributed by atoms with Gasteiger partial charge in [0.05, 0.1) is 11.4 Å². The monoisotopic (exact) mass is 411 g/mol. The Hall–Kier alpha value is -3.58. The number of piperazine rings is 1. The third-order valence-electron chi connectivity index (χ3n) is 6.26. The number of nitrogens with one attached hydrogen (secondary N) is 3. The van der Waals surface area contributed by atoms with Gasteiger partial charge in [-0.2, -0.15) is 0 Å². The molecule has 0 bridgehead atoms. The second-order valence-corrected chi connectivity index (χ2v) is 8.18. The molecule has 2 aliphatic heterocycles. The van der Waals surface area contributed by atoms with E-state index in [4.69, 9.17) is 4.98 Å². The standard InChI is InChI=1S/C24H25N7/c1-16-22-11-19(15-31(22)9-6-26-16)21-14-29-24-20(21)10-18(13-28-24)17-2-3-27-23(12-17)30-7-4-25-5-8-30/h2-3,10-15,25-26H,1,4-9H2,(H,28,29). The molecular formula is C24H25N7. The maximum absolute atomic E-state index is 4.71. The molecule has 4 aromatic rings. The van der Waals surface area contributed by atoms with Crippen LogP contribution in [0.15, 0.2) is 55.6 Å². The normalized spacial score (nSPS) is 16.4. The van der Waals surface area contributed by atoms with Crippen LogP contribution in [0.3, 0.4) is 0 Å². The summed E-state index contributed by atoms with van der Waals surface area (Å²) in [6.07, 6.45) is 8.11. The molecule has 0 spiro atoms. The molecule has 2 aliphatic rings. The highest BCUT2D eigenvalue weighted by molar-refractivity contribution is 5.96. The highest BCUT2D eigenvalue weighted by atomic mass is 15.2. The van der Waals surface area contributed by atoms with Gasteiger partial charge in [0.2, 0.25) is 0 Å². The number of H-pyrrole nitrogens is 1. The number of pyridine rings is 2. The Kier molecular flexibility index (Phi) is 4.28. The number of hydrogen-bond donors (Lipinski definition) is 3. The summed E-state index contributed by atoms with van der Waals surface area (Å²) in [4.78, 5) is 15.0. The van der Waals surface area contributed by atoms with Crippen molar-refractivity contribution in [1.29, 1.82) is 0 Å². The number of rotatable bonds is 3. The highest BCUT2D eigenvalue weighted by Gasteiger charge is 2.17. The molecule has 0 unspecified atom stereocenters. The van der Waals surface area contributed by atoms with Crippen molar-refractivity contribution in [3.05, 3.63) is 61.3 Å². The number of hydrogen-bond acceptors (Lipinski definition) is 5. The fraction of sp³-hybridized carbons (Fsp3) is 0.250. The van der Waals surface area contributed by atoms with E-state index in [2.05, 4.69) is 73.3 Å². The van der Waals surface area contributed by atoms with E-state index >= 15 is 0 Å². The van der Waals surface area contributed by atoms with Gasteiger partial charge in [0.25, 0.3) is 0 Å². The Bertz CT molecular complexity index is 1280. The van der Waals surface area contributed by atoms with E-state index in [1.165, 1.54) is 5.56 Å². The lowest BCUT2D eigenvalue weighted by Crippen LogP contribution is -2.43. The van der Waals surface area contributed by atoms with Crippen LogP contribution in [-0.2, 0) is 6.54 Å². The van der Waals surface area contributed by atoms with E-state index in [-0.39, 0.29) is 0 Å². The smallest absolute Gasteiger partial charge is 0.137 e. The van der Waals surface area contributed by atoms with Crippen LogP contribution in [0.25, 0.3) is 39.0 Å². The summed E-state index contributed by atoms with van der Waals surface area (Å²) in [5.74, 6) is 1.03. The van der Waals surface area contributed by atoms with E-state index < -0.39 is 0 Å². The summed E-state index contributed by atoms with van der Waals surface area (Å²) in [6, 6.07) is 8.67. The van der Waals surface area contributed by atoms with Crippen molar-refractivity contribution in [2.24, 2.45) is 0 Å². The van der Waals surface area contributed by atoms with Crippen LogP contribution in [-0.4, -0.2) is 52.2 Å². The highest BCUT2D eigenvalue weighted by Crippen LogP contribution is 2.34. The summed E-state index contributed by atoms with van der Waals surface area (Å²) in [7, 11) is 0. The molecule has 0 saturated carbocycles. The molecule has 0 aromatic carbocycles. The number of aromatic nitrogens is 4. The van der Waals surface area contributed by atoms with Crippen LogP contribution < -0.4 is 15.5 Å². The van der Waals surface area contributed by atoms with Crippen molar-refractivity contribution in [1.82, 2.24) is 30.2 Å². The molecule has 1 saturated heterocycles. The second kappa shape index (κ2) is 7.28. The minimum absolute atomic E-state index is 0.899. The van der Waals surface area contributed by atoms with Gasteiger partial charge >= 0.3 is 0 Å². The van der Waals surface area contributed by atoms with Crippen LogP contribution in [0.1, 0.15) is 5.69 Å². The maximum Gasteiger partial charge on any atom is 0.137 e. The molecule has 3 N–H and O–H groups in total.